The summed E-state index contributed by atoms with van der Waals surface area (Å²) in [5.74, 6) is 6.19. The van der Waals surface area contributed by atoms with Crippen LogP contribution in [0.1, 0.15) is 18.3 Å². The molecular weight excluding hydrogens is 242 g/mol. The Kier molecular flexibility index (Phi) is 6.84. The molecule has 0 spiro atoms. The van der Waals surface area contributed by atoms with Crippen molar-refractivity contribution in [3.63, 3.8) is 0 Å². The molecule has 6 heteroatoms. The Bertz CT molecular complexity index is 408. The van der Waals surface area contributed by atoms with Gasteiger partial charge < -0.3 is 9.64 Å². The molecule has 0 saturated heterocycles. The van der Waals surface area contributed by atoms with Crippen molar-refractivity contribution in [1.82, 2.24) is 15.3 Å². The number of nitrogens with two attached hydrogens (primary N) is 1. The van der Waals surface area contributed by atoms with Gasteiger partial charge in [0.25, 0.3) is 0 Å². The van der Waals surface area contributed by atoms with Gasteiger partial charge in [-0.1, -0.05) is 6.07 Å². The normalized spacial score (nSPS) is 11.5. The number of methoxy groups -OCH3 is 1. The highest BCUT2D eigenvalue weighted by Crippen LogP contribution is 2.03. The largest absolute Gasteiger partial charge is 0.383 e. The maximum Gasteiger partial charge on any atom is 0.208 e. The van der Waals surface area contributed by atoms with Gasteiger partial charge in [0, 0.05) is 19.3 Å². The van der Waals surface area contributed by atoms with Crippen molar-refractivity contribution in [2.24, 2.45) is 10.8 Å². The van der Waals surface area contributed by atoms with Gasteiger partial charge in [-0.3, -0.25) is 10.4 Å². The quantitative estimate of drug-likeness (QED) is 0.260. The molecule has 0 saturated carbocycles. The maximum absolute atomic E-state index is 5.53. The summed E-state index contributed by atoms with van der Waals surface area (Å²) in [6.45, 7) is 6.66. The third kappa shape index (κ3) is 5.23. The minimum absolute atomic E-state index is 0.575. The fraction of sp³-hybridized carbons (Fsp3) is 0.538. The molecule has 0 aliphatic rings. The van der Waals surface area contributed by atoms with E-state index in [1.54, 1.807) is 7.11 Å². The molecule has 0 radical (unpaired) electrons. The van der Waals surface area contributed by atoms with E-state index in [-0.39, 0.29) is 0 Å². The lowest BCUT2D eigenvalue weighted by Crippen LogP contribution is -2.44. The summed E-state index contributed by atoms with van der Waals surface area (Å²) in [5.41, 5.74) is 4.64. The number of pyridine rings is 1. The van der Waals surface area contributed by atoms with Crippen LogP contribution in [0.15, 0.2) is 23.2 Å². The number of nitrogens with zero attached hydrogens (tertiary/aromatic N) is 3. The summed E-state index contributed by atoms with van der Waals surface area (Å²) in [5, 5.41) is 0. The van der Waals surface area contributed by atoms with E-state index >= 15 is 0 Å². The lowest BCUT2D eigenvalue weighted by molar-refractivity contribution is 0.207. The highest BCUT2D eigenvalue weighted by molar-refractivity contribution is 5.79. The number of hydrogen-bond donors (Lipinski definition) is 2. The van der Waals surface area contributed by atoms with E-state index in [1.807, 2.05) is 30.0 Å². The molecule has 106 valence electrons. The van der Waals surface area contributed by atoms with Crippen molar-refractivity contribution in [2.45, 2.75) is 20.4 Å². The van der Waals surface area contributed by atoms with Crippen LogP contribution in [-0.2, 0) is 11.3 Å². The van der Waals surface area contributed by atoms with Gasteiger partial charge in [-0.15, -0.1) is 0 Å². The van der Waals surface area contributed by atoms with Gasteiger partial charge in [-0.25, -0.2) is 10.8 Å². The van der Waals surface area contributed by atoms with Crippen LogP contribution < -0.4 is 11.3 Å². The number of hydrogen-bond acceptors (Lipinski definition) is 4. The average Bonchev–Trinajstić information content (AvgIpc) is 2.42. The second kappa shape index (κ2) is 8.44. The number of aromatic nitrogens is 1. The van der Waals surface area contributed by atoms with Crippen LogP contribution in [0.4, 0.5) is 0 Å². The lowest BCUT2D eigenvalue weighted by atomic mass is 10.3. The molecule has 6 nitrogen and oxygen atoms in total. The molecule has 0 aliphatic heterocycles. The predicted molar refractivity (Wildman–Crippen MR) is 76.6 cm³/mol. The Morgan fingerprint density at radius 1 is 1.53 bits per heavy atom. The molecule has 0 unspecified atom stereocenters. The zero-order valence-electron chi connectivity index (χ0n) is 11.9. The first-order valence-electron chi connectivity index (χ1n) is 6.38. The predicted octanol–water partition coefficient (Wildman–Crippen LogP) is 0.678. The first-order valence-corrected chi connectivity index (χ1v) is 6.38. The standard InChI is InChI=1S/C13H23N5O/c1-4-18(13(17-14)15-8-9-19-3)10-12-7-5-6-11(2)16-12/h5-7H,4,8-10,14H2,1-3H3,(H,15,17). The van der Waals surface area contributed by atoms with Gasteiger partial charge in [0.1, 0.15) is 0 Å². The molecule has 0 aliphatic carbocycles. The topological polar surface area (TPSA) is 75.8 Å². The molecule has 1 rings (SSSR count). The monoisotopic (exact) mass is 265 g/mol. The Balaban J connectivity index is 2.72. The van der Waals surface area contributed by atoms with Crippen LogP contribution in [0.3, 0.4) is 0 Å². The minimum atomic E-state index is 0.575. The van der Waals surface area contributed by atoms with E-state index in [0.717, 1.165) is 17.9 Å². The summed E-state index contributed by atoms with van der Waals surface area (Å²) in [6, 6.07) is 5.98. The molecule has 0 atom stereocenters. The molecule has 1 aromatic rings. The summed E-state index contributed by atoms with van der Waals surface area (Å²) >= 11 is 0. The number of aliphatic imine (C=N–C) groups is 1. The zero-order valence-corrected chi connectivity index (χ0v) is 11.9. The molecular formula is C13H23N5O. The summed E-state index contributed by atoms with van der Waals surface area (Å²) < 4.78 is 4.98. The van der Waals surface area contributed by atoms with Gasteiger partial charge in [0.05, 0.1) is 25.4 Å². The fourth-order valence-corrected chi connectivity index (χ4v) is 1.70. The number of aryl methyl sites for hydroxylation is 1. The van der Waals surface area contributed by atoms with Gasteiger partial charge >= 0.3 is 0 Å². The van der Waals surface area contributed by atoms with Gasteiger partial charge in [0.15, 0.2) is 0 Å². The molecule has 0 aromatic carbocycles. The van der Waals surface area contributed by atoms with E-state index in [9.17, 15) is 0 Å². The highest BCUT2D eigenvalue weighted by Gasteiger charge is 2.09. The Morgan fingerprint density at radius 2 is 2.32 bits per heavy atom. The number of ether oxygens (including phenoxy) is 1. The van der Waals surface area contributed by atoms with Crippen molar-refractivity contribution in [3.05, 3.63) is 29.6 Å². The first-order chi connectivity index (χ1) is 9.21. The van der Waals surface area contributed by atoms with Gasteiger partial charge in [0.2, 0.25) is 5.96 Å². The SMILES string of the molecule is CCN(Cc1cccc(C)n1)C(=NCCOC)NN. The second-order valence-corrected chi connectivity index (χ2v) is 4.13. The van der Waals surface area contributed by atoms with Gasteiger partial charge in [-0.2, -0.15) is 0 Å². The van der Waals surface area contributed by atoms with Crippen molar-refractivity contribution in [2.75, 3.05) is 26.8 Å². The first kappa shape index (κ1) is 15.4. The number of nitrogens with one attached hydrogen (secondary N) is 1. The maximum atomic E-state index is 5.53. The number of hydrazine groups is 1. The van der Waals surface area contributed by atoms with Crippen LogP contribution in [0, 0.1) is 6.92 Å². The second-order valence-electron chi connectivity index (χ2n) is 4.13. The third-order valence-electron chi connectivity index (χ3n) is 2.67. The lowest BCUT2D eigenvalue weighted by Gasteiger charge is -2.23. The van der Waals surface area contributed by atoms with E-state index in [2.05, 4.69) is 22.3 Å². The summed E-state index contributed by atoms with van der Waals surface area (Å²) in [4.78, 5) is 10.9. The minimum Gasteiger partial charge on any atom is -0.383 e. The molecule has 1 heterocycles. The molecule has 0 bridgehead atoms. The van der Waals surface area contributed by atoms with Crippen molar-refractivity contribution in [1.29, 1.82) is 0 Å². The summed E-state index contributed by atoms with van der Waals surface area (Å²) in [6.07, 6.45) is 0. The van der Waals surface area contributed by atoms with E-state index in [0.29, 0.717) is 25.7 Å². The average molecular weight is 265 g/mol. The van der Waals surface area contributed by atoms with E-state index in [1.165, 1.54) is 0 Å². The zero-order chi connectivity index (χ0) is 14.1. The smallest absolute Gasteiger partial charge is 0.208 e. The summed E-state index contributed by atoms with van der Waals surface area (Å²) in [7, 11) is 1.65. The van der Waals surface area contributed by atoms with Crippen LogP contribution >= 0.6 is 0 Å². The van der Waals surface area contributed by atoms with Crippen LogP contribution in [0.2, 0.25) is 0 Å². The molecule has 0 amide bonds. The Hall–Kier alpha value is -1.66. The van der Waals surface area contributed by atoms with E-state index < -0.39 is 0 Å². The fourth-order valence-electron chi connectivity index (χ4n) is 1.70. The Labute approximate surface area is 114 Å². The number of guanidine groups is 1. The van der Waals surface area contributed by atoms with Gasteiger partial charge in [-0.05, 0) is 26.0 Å². The van der Waals surface area contributed by atoms with E-state index in [4.69, 9.17) is 10.6 Å². The van der Waals surface area contributed by atoms with Crippen LogP contribution in [-0.4, -0.2) is 42.6 Å². The van der Waals surface area contributed by atoms with Crippen LogP contribution in [0.25, 0.3) is 0 Å². The molecule has 19 heavy (non-hydrogen) atoms. The van der Waals surface area contributed by atoms with Crippen molar-refractivity contribution < 1.29 is 4.74 Å². The van der Waals surface area contributed by atoms with Crippen molar-refractivity contribution >= 4 is 5.96 Å². The van der Waals surface area contributed by atoms with Crippen molar-refractivity contribution in [3.8, 4) is 0 Å². The molecule has 1 aromatic heterocycles. The molecule has 3 N–H and O–H groups in total. The Morgan fingerprint density at radius 3 is 2.89 bits per heavy atom. The number of rotatable bonds is 6. The van der Waals surface area contributed by atoms with Crippen LogP contribution in [0.5, 0.6) is 0 Å². The molecule has 0 fully saturated rings. The third-order valence-corrected chi connectivity index (χ3v) is 2.67. The highest BCUT2D eigenvalue weighted by atomic mass is 16.5.